The van der Waals surface area contributed by atoms with Crippen molar-refractivity contribution in [3.8, 4) is 0 Å². The molecule has 0 saturated carbocycles. The maximum atomic E-state index is 11.9. The van der Waals surface area contributed by atoms with E-state index in [4.69, 9.17) is 0 Å². The van der Waals surface area contributed by atoms with Crippen LogP contribution in [0.4, 0.5) is 18.9 Å². The largest absolute Gasteiger partial charge is 0.390 e. The third-order valence-electron chi connectivity index (χ3n) is 1.65. The summed E-state index contributed by atoms with van der Waals surface area (Å²) in [6.45, 7) is -0.126. The molecule has 0 saturated heterocycles. The van der Waals surface area contributed by atoms with Crippen LogP contribution in [-0.4, -0.2) is 12.7 Å². The summed E-state index contributed by atoms with van der Waals surface area (Å²) >= 11 is 6.49. The van der Waals surface area contributed by atoms with E-state index in [2.05, 4.69) is 37.2 Å². The fraction of sp³-hybridized carbons (Fsp3) is 0.333. The predicted molar refractivity (Wildman–Crippen MR) is 61.0 cm³/mol. The fourth-order valence-electron chi connectivity index (χ4n) is 0.972. The van der Waals surface area contributed by atoms with Crippen molar-refractivity contribution in [3.05, 3.63) is 27.1 Å². The number of halogens is 5. The average Bonchev–Trinajstić information content (AvgIpc) is 2.09. The first-order valence-electron chi connectivity index (χ1n) is 4.14. The maximum absolute atomic E-state index is 11.9. The van der Waals surface area contributed by atoms with Crippen molar-refractivity contribution in [2.45, 2.75) is 12.6 Å². The Balaban J connectivity index is 2.54. The highest BCUT2D eigenvalue weighted by molar-refractivity contribution is 9.11. The van der Waals surface area contributed by atoms with E-state index in [9.17, 15) is 13.2 Å². The van der Waals surface area contributed by atoms with E-state index in [-0.39, 0.29) is 6.54 Å². The smallest absolute Gasteiger partial charge is 0.384 e. The number of rotatable bonds is 3. The van der Waals surface area contributed by atoms with E-state index >= 15 is 0 Å². The van der Waals surface area contributed by atoms with Crippen LogP contribution >= 0.6 is 31.9 Å². The minimum atomic E-state index is -4.12. The zero-order chi connectivity index (χ0) is 11.5. The molecule has 0 aromatic heterocycles. The molecule has 1 nitrogen and oxygen atoms in total. The Bertz CT molecular complexity index is 339. The van der Waals surface area contributed by atoms with Gasteiger partial charge >= 0.3 is 6.18 Å². The van der Waals surface area contributed by atoms with Gasteiger partial charge in [0.2, 0.25) is 0 Å². The van der Waals surface area contributed by atoms with Crippen LogP contribution in [0.1, 0.15) is 6.42 Å². The lowest BCUT2D eigenvalue weighted by molar-refractivity contribution is -0.131. The Kier molecular flexibility index (Phi) is 4.45. The first-order chi connectivity index (χ1) is 6.88. The molecule has 0 fully saturated rings. The summed E-state index contributed by atoms with van der Waals surface area (Å²) in [6.07, 6.45) is -4.96. The summed E-state index contributed by atoms with van der Waals surface area (Å²) in [5, 5.41) is 2.71. The summed E-state index contributed by atoms with van der Waals surface area (Å²) in [7, 11) is 0. The van der Waals surface area contributed by atoms with Crippen LogP contribution in [0.2, 0.25) is 0 Å². The Labute approximate surface area is 102 Å². The average molecular weight is 347 g/mol. The van der Waals surface area contributed by atoms with E-state index in [1.165, 1.54) is 0 Å². The van der Waals surface area contributed by atoms with Gasteiger partial charge in [-0.05, 0) is 34.1 Å². The van der Waals surface area contributed by atoms with Gasteiger partial charge in [0.25, 0.3) is 0 Å². The molecule has 84 valence electrons. The van der Waals surface area contributed by atoms with Crippen LogP contribution in [0.15, 0.2) is 27.1 Å². The van der Waals surface area contributed by atoms with E-state index in [1.807, 2.05) is 0 Å². The molecule has 1 aromatic rings. The van der Waals surface area contributed by atoms with Gasteiger partial charge in [-0.3, -0.25) is 0 Å². The first-order valence-corrected chi connectivity index (χ1v) is 5.73. The number of nitrogens with one attached hydrogen (secondary N) is 1. The van der Waals surface area contributed by atoms with E-state index < -0.39 is 12.6 Å². The number of alkyl halides is 3. The Hall–Kier alpha value is -0.230. The quantitative estimate of drug-likeness (QED) is 0.844. The molecule has 1 N–H and O–H groups in total. The highest BCUT2D eigenvalue weighted by Gasteiger charge is 2.26. The van der Waals surface area contributed by atoms with Gasteiger partial charge in [-0.15, -0.1) is 0 Å². The lowest BCUT2D eigenvalue weighted by atomic mass is 10.3. The fourth-order valence-corrected chi connectivity index (χ4v) is 1.72. The molecule has 1 rings (SSSR count). The van der Waals surface area contributed by atoms with Gasteiger partial charge < -0.3 is 5.32 Å². The predicted octanol–water partition coefficient (Wildman–Crippen LogP) is 4.58. The van der Waals surface area contributed by atoms with Gasteiger partial charge in [0, 0.05) is 21.2 Å². The van der Waals surface area contributed by atoms with Gasteiger partial charge in [0.15, 0.2) is 0 Å². The van der Waals surface area contributed by atoms with E-state index in [0.29, 0.717) is 5.69 Å². The normalized spacial score (nSPS) is 11.5. The minimum absolute atomic E-state index is 0.126. The summed E-state index contributed by atoms with van der Waals surface area (Å²) in [5.74, 6) is 0. The Morgan fingerprint density at radius 2 is 1.87 bits per heavy atom. The lowest BCUT2D eigenvalue weighted by Crippen LogP contribution is -2.14. The van der Waals surface area contributed by atoms with Crippen LogP contribution in [0.25, 0.3) is 0 Å². The molecule has 0 aliphatic heterocycles. The van der Waals surface area contributed by atoms with Crippen molar-refractivity contribution >= 4 is 37.5 Å². The molecule has 0 aliphatic carbocycles. The number of anilines is 1. The van der Waals surface area contributed by atoms with Crippen molar-refractivity contribution in [1.29, 1.82) is 0 Å². The van der Waals surface area contributed by atoms with Crippen LogP contribution in [0, 0.1) is 0 Å². The van der Waals surface area contributed by atoms with Gasteiger partial charge in [0.05, 0.1) is 6.42 Å². The van der Waals surface area contributed by atoms with Crippen LogP contribution in [0.3, 0.4) is 0 Å². The molecule has 15 heavy (non-hydrogen) atoms. The highest BCUT2D eigenvalue weighted by atomic mass is 79.9. The first kappa shape index (κ1) is 12.8. The molecule has 0 heterocycles. The standard InChI is InChI=1S/C9H8Br2F3N/c10-6-1-2-7(11)8(5-6)15-4-3-9(12,13)14/h1-2,5,15H,3-4H2. The lowest BCUT2D eigenvalue weighted by Gasteiger charge is -2.10. The second-order valence-electron chi connectivity index (χ2n) is 2.92. The van der Waals surface area contributed by atoms with Gasteiger partial charge in [-0.1, -0.05) is 15.9 Å². The SMILES string of the molecule is FC(F)(F)CCNc1cc(Br)ccc1Br. The van der Waals surface area contributed by atoms with Gasteiger partial charge in [-0.25, -0.2) is 0 Å². The molecular formula is C9H8Br2F3N. The molecule has 0 unspecified atom stereocenters. The van der Waals surface area contributed by atoms with Crippen molar-refractivity contribution in [1.82, 2.24) is 0 Å². The maximum Gasteiger partial charge on any atom is 0.390 e. The molecule has 0 bridgehead atoms. The molecule has 6 heteroatoms. The Morgan fingerprint density at radius 3 is 2.47 bits per heavy atom. The summed E-state index contributed by atoms with van der Waals surface area (Å²) < 4.78 is 37.2. The van der Waals surface area contributed by atoms with Crippen molar-refractivity contribution < 1.29 is 13.2 Å². The van der Waals surface area contributed by atoms with E-state index in [1.54, 1.807) is 18.2 Å². The van der Waals surface area contributed by atoms with Gasteiger partial charge in [-0.2, -0.15) is 13.2 Å². The third-order valence-corrected chi connectivity index (χ3v) is 2.84. The topological polar surface area (TPSA) is 12.0 Å². The number of hydrogen-bond acceptors (Lipinski definition) is 1. The summed E-state index contributed by atoms with van der Waals surface area (Å²) in [4.78, 5) is 0. The van der Waals surface area contributed by atoms with Crippen LogP contribution in [-0.2, 0) is 0 Å². The highest BCUT2D eigenvalue weighted by Crippen LogP contribution is 2.27. The molecule has 0 amide bonds. The number of benzene rings is 1. The van der Waals surface area contributed by atoms with Crippen LogP contribution < -0.4 is 5.32 Å². The monoisotopic (exact) mass is 345 g/mol. The molecule has 0 radical (unpaired) electrons. The second kappa shape index (κ2) is 5.21. The number of hydrogen-bond donors (Lipinski definition) is 1. The van der Waals surface area contributed by atoms with Crippen molar-refractivity contribution in [3.63, 3.8) is 0 Å². The molecule has 0 spiro atoms. The zero-order valence-electron chi connectivity index (χ0n) is 7.54. The summed E-state index contributed by atoms with van der Waals surface area (Å²) in [6, 6.07) is 5.29. The molecular weight excluding hydrogens is 339 g/mol. The molecule has 0 aliphatic rings. The third kappa shape index (κ3) is 4.88. The van der Waals surface area contributed by atoms with Crippen molar-refractivity contribution in [2.75, 3.05) is 11.9 Å². The molecule has 1 aromatic carbocycles. The molecule has 0 atom stereocenters. The zero-order valence-corrected chi connectivity index (χ0v) is 10.7. The Morgan fingerprint density at radius 1 is 1.20 bits per heavy atom. The summed E-state index contributed by atoms with van der Waals surface area (Å²) in [5.41, 5.74) is 0.647. The van der Waals surface area contributed by atoms with Crippen LogP contribution in [0.5, 0.6) is 0 Å². The van der Waals surface area contributed by atoms with E-state index in [0.717, 1.165) is 8.95 Å². The van der Waals surface area contributed by atoms with Crippen molar-refractivity contribution in [2.24, 2.45) is 0 Å². The minimum Gasteiger partial charge on any atom is -0.384 e. The second-order valence-corrected chi connectivity index (χ2v) is 4.69. The van der Waals surface area contributed by atoms with Gasteiger partial charge in [0.1, 0.15) is 0 Å².